The Morgan fingerprint density at radius 3 is 2.61 bits per heavy atom. The molecule has 1 heterocycles. The first-order valence-electron chi connectivity index (χ1n) is 13.4. The van der Waals surface area contributed by atoms with E-state index >= 15 is 0 Å². The second kappa shape index (κ2) is 10.6. The van der Waals surface area contributed by atoms with E-state index in [2.05, 4.69) is 102 Å². The predicted molar refractivity (Wildman–Crippen MR) is 153 cm³/mol. The van der Waals surface area contributed by atoms with Crippen LogP contribution in [0.1, 0.15) is 62.1 Å². The molecule has 4 nitrogen and oxygen atoms in total. The Morgan fingerprint density at radius 1 is 1.03 bits per heavy atom. The van der Waals surface area contributed by atoms with Crippen LogP contribution < -0.4 is 5.73 Å². The summed E-state index contributed by atoms with van der Waals surface area (Å²) in [6, 6.07) is 24.3. The van der Waals surface area contributed by atoms with E-state index in [-0.39, 0.29) is 0 Å². The molecule has 1 fully saturated rings. The molecule has 36 heavy (non-hydrogen) atoms. The van der Waals surface area contributed by atoms with E-state index in [1.54, 1.807) is 0 Å². The smallest absolute Gasteiger partial charge is 0.201 e. The third-order valence-corrected chi connectivity index (χ3v) is 7.66. The highest BCUT2D eigenvalue weighted by atomic mass is 15.2. The van der Waals surface area contributed by atoms with E-state index < -0.39 is 0 Å². The van der Waals surface area contributed by atoms with Gasteiger partial charge in [0.1, 0.15) is 0 Å². The second-order valence-corrected chi connectivity index (χ2v) is 10.2. The van der Waals surface area contributed by atoms with Crippen LogP contribution in [-0.2, 0) is 6.54 Å². The highest BCUT2D eigenvalue weighted by Gasteiger charge is 2.22. The standard InChI is InChI=1S/C32H38N4/c1-4-19-35(28-14-6-5-7-15-28)24(3)26-13-10-12-25(20-26)22-36-31-21-27(17-18-30(31)34-32(36)33)29-16-9-8-11-23(29)2/h8-13,16-18,20-21,28H,3-7,14-15,19,22H2,1-2H3,(H2,33,34). The number of hydrogen-bond acceptors (Lipinski definition) is 3. The van der Waals surface area contributed by atoms with Gasteiger partial charge in [-0.2, -0.15) is 0 Å². The molecular formula is C32H38N4. The zero-order valence-electron chi connectivity index (χ0n) is 21.7. The van der Waals surface area contributed by atoms with Gasteiger partial charge in [-0.05, 0) is 72.2 Å². The van der Waals surface area contributed by atoms with Gasteiger partial charge in [0.2, 0.25) is 5.95 Å². The normalized spacial score (nSPS) is 14.3. The highest BCUT2D eigenvalue weighted by Crippen LogP contribution is 2.31. The topological polar surface area (TPSA) is 47.1 Å². The second-order valence-electron chi connectivity index (χ2n) is 10.2. The molecule has 0 aliphatic heterocycles. The van der Waals surface area contributed by atoms with Gasteiger partial charge in [0, 0.05) is 18.3 Å². The van der Waals surface area contributed by atoms with Crippen LogP contribution in [0.15, 0.2) is 73.3 Å². The molecule has 1 aliphatic rings. The monoisotopic (exact) mass is 478 g/mol. The van der Waals surface area contributed by atoms with E-state index in [0.29, 0.717) is 18.5 Å². The molecule has 1 aromatic heterocycles. The van der Waals surface area contributed by atoms with E-state index in [9.17, 15) is 0 Å². The van der Waals surface area contributed by atoms with Gasteiger partial charge >= 0.3 is 0 Å². The average molecular weight is 479 g/mol. The number of hydrogen-bond donors (Lipinski definition) is 1. The van der Waals surface area contributed by atoms with Crippen molar-refractivity contribution in [2.45, 2.75) is 65.0 Å². The summed E-state index contributed by atoms with van der Waals surface area (Å²) in [6.07, 6.45) is 7.71. The van der Waals surface area contributed by atoms with Crippen LogP contribution in [-0.4, -0.2) is 27.0 Å². The Labute approximate surface area is 215 Å². The lowest BCUT2D eigenvalue weighted by atomic mass is 9.93. The minimum atomic E-state index is 0.547. The molecule has 0 unspecified atom stereocenters. The molecule has 4 heteroatoms. The fraction of sp³-hybridized carbons (Fsp3) is 0.344. The maximum Gasteiger partial charge on any atom is 0.201 e. The molecule has 0 spiro atoms. The summed E-state index contributed by atoms with van der Waals surface area (Å²) in [4.78, 5) is 7.22. The highest BCUT2D eigenvalue weighted by molar-refractivity contribution is 5.85. The fourth-order valence-electron chi connectivity index (χ4n) is 5.74. The van der Waals surface area contributed by atoms with E-state index in [1.807, 2.05) is 0 Å². The van der Waals surface area contributed by atoms with Crippen molar-refractivity contribution in [3.63, 3.8) is 0 Å². The lowest BCUT2D eigenvalue weighted by molar-refractivity contribution is 0.231. The summed E-state index contributed by atoms with van der Waals surface area (Å²) in [6.45, 7) is 10.7. The SMILES string of the molecule is C=C(c1cccc(Cn2c(N)nc3ccc(-c4ccccc4C)cc32)c1)N(CCC)C1CCCCC1. The van der Waals surface area contributed by atoms with Gasteiger partial charge in [0.25, 0.3) is 0 Å². The summed E-state index contributed by atoms with van der Waals surface area (Å²) in [5.74, 6) is 0.547. The Kier molecular flexibility index (Phi) is 7.13. The first-order valence-corrected chi connectivity index (χ1v) is 13.4. The summed E-state index contributed by atoms with van der Waals surface area (Å²) < 4.78 is 2.13. The summed E-state index contributed by atoms with van der Waals surface area (Å²) in [5.41, 5.74) is 15.7. The number of nitrogens with two attached hydrogens (primary N) is 1. The van der Waals surface area contributed by atoms with Crippen molar-refractivity contribution in [2.75, 3.05) is 12.3 Å². The maximum atomic E-state index is 6.43. The van der Waals surface area contributed by atoms with E-state index in [1.165, 1.54) is 59.9 Å². The molecule has 5 rings (SSSR count). The van der Waals surface area contributed by atoms with Crippen LogP contribution in [0, 0.1) is 6.92 Å². The molecule has 4 aromatic rings. The van der Waals surface area contributed by atoms with E-state index in [4.69, 9.17) is 5.73 Å². The molecule has 3 aromatic carbocycles. The quantitative estimate of drug-likeness (QED) is 0.283. The number of anilines is 1. The van der Waals surface area contributed by atoms with Crippen molar-refractivity contribution in [3.05, 3.63) is 90.0 Å². The third kappa shape index (κ3) is 4.90. The van der Waals surface area contributed by atoms with Gasteiger partial charge < -0.3 is 15.2 Å². The lowest BCUT2D eigenvalue weighted by Crippen LogP contribution is -2.35. The zero-order valence-corrected chi connectivity index (χ0v) is 21.7. The summed E-state index contributed by atoms with van der Waals surface area (Å²) >= 11 is 0. The van der Waals surface area contributed by atoms with Gasteiger partial charge in [-0.25, -0.2) is 4.98 Å². The molecule has 0 bridgehead atoms. The van der Waals surface area contributed by atoms with Crippen molar-refractivity contribution < 1.29 is 0 Å². The van der Waals surface area contributed by atoms with Gasteiger partial charge in [-0.15, -0.1) is 0 Å². The molecular weight excluding hydrogens is 440 g/mol. The number of fused-ring (bicyclic) bond motifs is 1. The summed E-state index contributed by atoms with van der Waals surface area (Å²) in [7, 11) is 0. The molecule has 1 aliphatic carbocycles. The predicted octanol–water partition coefficient (Wildman–Crippen LogP) is 7.66. The molecule has 0 radical (unpaired) electrons. The maximum absolute atomic E-state index is 6.43. The third-order valence-electron chi connectivity index (χ3n) is 7.66. The Bertz CT molecular complexity index is 1360. The van der Waals surface area contributed by atoms with Crippen LogP contribution in [0.5, 0.6) is 0 Å². The van der Waals surface area contributed by atoms with Crippen LogP contribution in [0.3, 0.4) is 0 Å². The van der Waals surface area contributed by atoms with Crippen LogP contribution >= 0.6 is 0 Å². The van der Waals surface area contributed by atoms with Crippen molar-refractivity contribution in [1.29, 1.82) is 0 Å². The molecule has 1 saturated carbocycles. The van der Waals surface area contributed by atoms with Crippen molar-refractivity contribution >= 4 is 22.7 Å². The molecule has 186 valence electrons. The van der Waals surface area contributed by atoms with Crippen molar-refractivity contribution in [3.8, 4) is 11.1 Å². The van der Waals surface area contributed by atoms with Crippen LogP contribution in [0.4, 0.5) is 5.95 Å². The van der Waals surface area contributed by atoms with Crippen molar-refractivity contribution in [1.82, 2.24) is 14.5 Å². The minimum absolute atomic E-state index is 0.547. The Balaban J connectivity index is 1.44. The number of aromatic nitrogens is 2. The van der Waals surface area contributed by atoms with E-state index in [0.717, 1.165) is 29.7 Å². The Hall–Kier alpha value is -3.53. The van der Waals surface area contributed by atoms with Crippen molar-refractivity contribution in [2.24, 2.45) is 0 Å². The fourth-order valence-corrected chi connectivity index (χ4v) is 5.74. The average Bonchev–Trinajstić information content (AvgIpc) is 3.22. The van der Waals surface area contributed by atoms with Gasteiger partial charge in [-0.3, -0.25) is 0 Å². The number of nitrogen functional groups attached to an aromatic ring is 1. The minimum Gasteiger partial charge on any atom is -0.369 e. The van der Waals surface area contributed by atoms with Crippen LogP contribution in [0.25, 0.3) is 27.9 Å². The number of rotatable bonds is 8. The zero-order chi connectivity index (χ0) is 25.1. The number of benzene rings is 3. The number of aryl methyl sites for hydroxylation is 1. The van der Waals surface area contributed by atoms with Gasteiger partial charge in [0.05, 0.1) is 17.6 Å². The molecule has 0 atom stereocenters. The molecule has 0 amide bonds. The molecule has 0 saturated heterocycles. The number of nitrogens with zero attached hydrogens (tertiary/aromatic N) is 3. The van der Waals surface area contributed by atoms with Gasteiger partial charge in [0.15, 0.2) is 0 Å². The first kappa shape index (κ1) is 24.2. The summed E-state index contributed by atoms with van der Waals surface area (Å²) in [5, 5.41) is 0. The molecule has 2 N–H and O–H groups in total. The lowest BCUT2D eigenvalue weighted by Gasteiger charge is -2.37. The largest absolute Gasteiger partial charge is 0.369 e. The number of imidazole rings is 1. The Morgan fingerprint density at radius 2 is 1.83 bits per heavy atom. The first-order chi connectivity index (χ1) is 17.5. The van der Waals surface area contributed by atoms with Crippen LogP contribution in [0.2, 0.25) is 0 Å². The van der Waals surface area contributed by atoms with Gasteiger partial charge in [-0.1, -0.05) is 81.3 Å².